The SMILES string of the molecule is Cc1ccc(NC(C)(C)C(=O)NC2CCc3nn(C)c(=O)n3CC2)cc1. The molecule has 1 aliphatic heterocycles. The summed E-state index contributed by atoms with van der Waals surface area (Å²) in [6, 6.07) is 8.02. The molecule has 1 aliphatic rings. The number of amides is 1. The second-order valence-corrected chi connectivity index (χ2v) is 7.59. The van der Waals surface area contributed by atoms with Crippen LogP contribution in [0.5, 0.6) is 0 Å². The molecule has 1 unspecified atom stereocenters. The van der Waals surface area contributed by atoms with Crippen molar-refractivity contribution < 1.29 is 4.79 Å². The van der Waals surface area contributed by atoms with Crippen molar-refractivity contribution in [3.05, 3.63) is 46.1 Å². The van der Waals surface area contributed by atoms with Gasteiger partial charge in [0.1, 0.15) is 11.4 Å². The predicted molar refractivity (Wildman–Crippen MR) is 101 cm³/mol. The highest BCUT2D eigenvalue weighted by atomic mass is 16.2. The van der Waals surface area contributed by atoms with Crippen LogP contribution in [0.1, 0.15) is 38.1 Å². The van der Waals surface area contributed by atoms with Crippen molar-refractivity contribution in [2.75, 3.05) is 5.32 Å². The first-order valence-corrected chi connectivity index (χ1v) is 9.05. The van der Waals surface area contributed by atoms with E-state index in [9.17, 15) is 9.59 Å². The van der Waals surface area contributed by atoms with Gasteiger partial charge < -0.3 is 10.6 Å². The van der Waals surface area contributed by atoms with Gasteiger partial charge in [0, 0.05) is 31.7 Å². The van der Waals surface area contributed by atoms with Crippen LogP contribution in [0.3, 0.4) is 0 Å². The van der Waals surface area contributed by atoms with Gasteiger partial charge >= 0.3 is 5.69 Å². The lowest BCUT2D eigenvalue weighted by molar-refractivity contribution is -0.125. The van der Waals surface area contributed by atoms with E-state index in [1.165, 1.54) is 10.2 Å². The summed E-state index contributed by atoms with van der Waals surface area (Å²) in [4.78, 5) is 24.8. The molecule has 0 fully saturated rings. The van der Waals surface area contributed by atoms with Gasteiger partial charge in [0.25, 0.3) is 0 Å². The Bertz CT molecular complexity index is 848. The number of carbonyl (C=O) groups excluding carboxylic acids is 1. The summed E-state index contributed by atoms with van der Waals surface area (Å²) in [7, 11) is 1.67. The molecule has 1 aromatic carbocycles. The summed E-state index contributed by atoms with van der Waals surface area (Å²) in [6.07, 6.45) is 2.20. The molecule has 26 heavy (non-hydrogen) atoms. The smallest absolute Gasteiger partial charge is 0.345 e. The van der Waals surface area contributed by atoms with Gasteiger partial charge in [-0.1, -0.05) is 17.7 Å². The van der Waals surface area contributed by atoms with Crippen LogP contribution >= 0.6 is 0 Å². The number of anilines is 1. The molecule has 2 heterocycles. The molecule has 1 aromatic heterocycles. The van der Waals surface area contributed by atoms with Gasteiger partial charge in [-0.3, -0.25) is 9.36 Å². The van der Waals surface area contributed by atoms with E-state index in [-0.39, 0.29) is 17.6 Å². The number of carbonyl (C=O) groups is 1. The molecule has 140 valence electrons. The summed E-state index contributed by atoms with van der Waals surface area (Å²) in [5.41, 5.74) is 1.28. The zero-order valence-electron chi connectivity index (χ0n) is 15.9. The fourth-order valence-electron chi connectivity index (χ4n) is 3.26. The first-order chi connectivity index (χ1) is 12.3. The van der Waals surface area contributed by atoms with Crippen LogP contribution in [0.15, 0.2) is 29.1 Å². The van der Waals surface area contributed by atoms with E-state index >= 15 is 0 Å². The quantitative estimate of drug-likeness (QED) is 0.871. The molecule has 0 radical (unpaired) electrons. The Balaban J connectivity index is 1.62. The molecule has 0 bridgehead atoms. The van der Waals surface area contributed by atoms with Gasteiger partial charge in [-0.15, -0.1) is 0 Å². The Kier molecular flexibility index (Phi) is 4.89. The molecule has 1 atom stereocenters. The maximum absolute atomic E-state index is 12.8. The molecule has 7 nitrogen and oxygen atoms in total. The van der Waals surface area contributed by atoms with Crippen LogP contribution in [0.2, 0.25) is 0 Å². The number of aromatic nitrogens is 3. The highest BCUT2D eigenvalue weighted by Crippen LogP contribution is 2.18. The van der Waals surface area contributed by atoms with Gasteiger partial charge in [-0.25, -0.2) is 9.48 Å². The number of nitrogens with zero attached hydrogens (tertiary/aromatic N) is 3. The largest absolute Gasteiger partial charge is 0.372 e. The van der Waals surface area contributed by atoms with Crippen molar-refractivity contribution in [1.29, 1.82) is 0 Å². The highest BCUT2D eigenvalue weighted by molar-refractivity contribution is 5.88. The van der Waals surface area contributed by atoms with E-state index < -0.39 is 5.54 Å². The molecule has 0 aliphatic carbocycles. The zero-order chi connectivity index (χ0) is 18.9. The van der Waals surface area contributed by atoms with Gasteiger partial charge in [0.15, 0.2) is 0 Å². The molecular weight excluding hydrogens is 330 g/mol. The van der Waals surface area contributed by atoms with Crippen molar-refractivity contribution in [3.8, 4) is 0 Å². The Labute approximate surface area is 153 Å². The van der Waals surface area contributed by atoms with Crippen molar-refractivity contribution in [3.63, 3.8) is 0 Å². The minimum Gasteiger partial charge on any atom is -0.372 e. The van der Waals surface area contributed by atoms with E-state index in [0.29, 0.717) is 13.0 Å². The molecule has 0 saturated carbocycles. The van der Waals surface area contributed by atoms with Crippen LogP contribution in [0, 0.1) is 6.92 Å². The molecule has 0 spiro atoms. The monoisotopic (exact) mass is 357 g/mol. The van der Waals surface area contributed by atoms with E-state index in [0.717, 1.165) is 24.4 Å². The number of aryl methyl sites for hydroxylation is 3. The average Bonchev–Trinajstić information content (AvgIpc) is 2.74. The van der Waals surface area contributed by atoms with Crippen molar-refractivity contribution in [1.82, 2.24) is 19.7 Å². The lowest BCUT2D eigenvalue weighted by atomic mass is 10.0. The van der Waals surface area contributed by atoms with E-state index in [4.69, 9.17) is 0 Å². The second kappa shape index (κ2) is 6.97. The number of rotatable bonds is 4. The summed E-state index contributed by atoms with van der Waals surface area (Å²) in [6.45, 7) is 6.37. The van der Waals surface area contributed by atoms with E-state index in [1.54, 1.807) is 11.6 Å². The molecular formula is C19H27N5O2. The first-order valence-electron chi connectivity index (χ1n) is 9.05. The summed E-state index contributed by atoms with van der Waals surface area (Å²) >= 11 is 0. The normalized spacial score (nSPS) is 17.3. The number of hydrogen-bond donors (Lipinski definition) is 2. The second-order valence-electron chi connectivity index (χ2n) is 7.59. The van der Waals surface area contributed by atoms with Crippen LogP contribution in [0.4, 0.5) is 5.69 Å². The molecule has 0 saturated heterocycles. The summed E-state index contributed by atoms with van der Waals surface area (Å²) in [5, 5.41) is 10.7. The molecule has 1 amide bonds. The molecule has 2 N–H and O–H groups in total. The number of nitrogens with one attached hydrogen (secondary N) is 2. The van der Waals surface area contributed by atoms with Crippen LogP contribution in [-0.4, -0.2) is 31.8 Å². The topological polar surface area (TPSA) is 81.0 Å². The molecule has 2 aromatic rings. The van der Waals surface area contributed by atoms with Gasteiger partial charge in [0.2, 0.25) is 5.91 Å². The predicted octanol–water partition coefficient (Wildman–Crippen LogP) is 1.60. The maximum atomic E-state index is 12.8. The van der Waals surface area contributed by atoms with Crippen LogP contribution in [0.25, 0.3) is 0 Å². The number of hydrogen-bond acceptors (Lipinski definition) is 4. The first kappa shape index (κ1) is 18.2. The Morgan fingerprint density at radius 1 is 1.23 bits per heavy atom. The molecule has 3 rings (SSSR count). The number of fused-ring (bicyclic) bond motifs is 1. The van der Waals surface area contributed by atoms with Crippen molar-refractivity contribution >= 4 is 11.6 Å². The van der Waals surface area contributed by atoms with Crippen molar-refractivity contribution in [2.24, 2.45) is 7.05 Å². The van der Waals surface area contributed by atoms with Gasteiger partial charge in [-0.05, 0) is 45.7 Å². The van der Waals surface area contributed by atoms with E-state index in [2.05, 4.69) is 15.7 Å². The average molecular weight is 357 g/mol. The summed E-state index contributed by atoms with van der Waals surface area (Å²) in [5.74, 6) is 0.752. The minimum atomic E-state index is -0.731. The fourth-order valence-corrected chi connectivity index (χ4v) is 3.26. The third kappa shape index (κ3) is 3.81. The molecule has 7 heteroatoms. The zero-order valence-corrected chi connectivity index (χ0v) is 15.9. The third-order valence-electron chi connectivity index (χ3n) is 4.91. The van der Waals surface area contributed by atoms with E-state index in [1.807, 2.05) is 45.0 Å². The lowest BCUT2D eigenvalue weighted by Crippen LogP contribution is -2.51. The Morgan fingerprint density at radius 3 is 2.62 bits per heavy atom. The van der Waals surface area contributed by atoms with Gasteiger partial charge in [-0.2, -0.15) is 5.10 Å². The summed E-state index contributed by atoms with van der Waals surface area (Å²) < 4.78 is 3.09. The lowest BCUT2D eigenvalue weighted by Gasteiger charge is -2.29. The minimum absolute atomic E-state index is 0.0352. The van der Waals surface area contributed by atoms with Crippen LogP contribution in [-0.2, 0) is 24.8 Å². The standard InChI is InChI=1S/C19H27N5O2/c1-13-5-7-15(8-6-13)21-19(2,3)17(25)20-14-9-10-16-22-23(4)18(26)24(16)12-11-14/h5-8,14,21H,9-12H2,1-4H3,(H,20,25). The Hall–Kier alpha value is -2.57. The highest BCUT2D eigenvalue weighted by Gasteiger charge is 2.30. The fraction of sp³-hybridized carbons (Fsp3) is 0.526. The Morgan fingerprint density at radius 2 is 1.92 bits per heavy atom. The van der Waals surface area contributed by atoms with Crippen LogP contribution < -0.4 is 16.3 Å². The number of benzene rings is 1. The van der Waals surface area contributed by atoms with Gasteiger partial charge in [0.05, 0.1) is 0 Å². The maximum Gasteiger partial charge on any atom is 0.345 e. The third-order valence-corrected chi connectivity index (χ3v) is 4.91. The van der Waals surface area contributed by atoms with Crippen molar-refractivity contribution in [2.45, 2.75) is 58.2 Å².